The van der Waals surface area contributed by atoms with Gasteiger partial charge in [-0.3, -0.25) is 29.7 Å². The van der Waals surface area contributed by atoms with E-state index < -0.39 is 11.0 Å². The largest absolute Gasteiger partial charge is 0.495 e. The van der Waals surface area contributed by atoms with Gasteiger partial charge in [-0.1, -0.05) is 70.7 Å². The lowest BCUT2D eigenvalue weighted by Gasteiger charge is -2.35. The second-order valence-corrected chi connectivity index (χ2v) is 17.0. The number of methoxy groups -OCH3 is 4. The van der Waals surface area contributed by atoms with E-state index in [-0.39, 0.29) is 57.0 Å². The number of nitro benzene ring substituents is 1. The number of nitrogens with zero attached hydrogens (tertiary/aromatic N) is 9. The van der Waals surface area contributed by atoms with Gasteiger partial charge in [0.15, 0.2) is 0 Å². The third-order valence-corrected chi connectivity index (χ3v) is 12.9. The first kappa shape index (κ1) is 49.1. The van der Waals surface area contributed by atoms with Gasteiger partial charge in [-0.2, -0.15) is 0 Å². The number of carbonyl (C=O) groups is 2. The smallest absolute Gasteiger partial charge is 0.330 e. The van der Waals surface area contributed by atoms with Crippen LogP contribution in [-0.4, -0.2) is 79.5 Å². The number of nitro groups is 1. The number of nitrogen functional groups attached to an aromatic ring is 1. The number of carbonyl (C=O) groups excluding carboxylic acids is 2. The lowest BCUT2D eigenvalue weighted by atomic mass is 10.0. The molecule has 2 aliphatic rings. The van der Waals surface area contributed by atoms with Gasteiger partial charge in [0.25, 0.3) is 5.69 Å². The summed E-state index contributed by atoms with van der Waals surface area (Å²) in [7, 11) is 9.08. The Morgan fingerprint density at radius 3 is 1.41 bits per heavy atom. The van der Waals surface area contributed by atoms with Gasteiger partial charge in [0.2, 0.25) is 0 Å². The van der Waals surface area contributed by atoms with Crippen LogP contribution >= 0.6 is 46.4 Å². The molecule has 2 N–H and O–H groups in total. The molecule has 0 atom stereocenters. The Balaban J connectivity index is 0.000000202. The van der Waals surface area contributed by atoms with E-state index in [4.69, 9.17) is 71.1 Å². The summed E-state index contributed by atoms with van der Waals surface area (Å²) >= 11 is 26.1. The van der Waals surface area contributed by atoms with Crippen molar-refractivity contribution in [2.75, 3.05) is 67.9 Å². The molecule has 4 aromatic carbocycles. The molecule has 0 spiro atoms. The number of benzene rings is 4. The molecule has 8 rings (SSSR count). The Morgan fingerprint density at radius 2 is 1.03 bits per heavy atom. The molecule has 0 radical (unpaired) electrons. The van der Waals surface area contributed by atoms with Crippen LogP contribution < -0.4 is 44.3 Å². The highest BCUT2D eigenvalue weighted by Gasteiger charge is 2.37. The highest BCUT2D eigenvalue weighted by molar-refractivity contribution is 6.43. The first-order valence-electron chi connectivity index (χ1n) is 20.5. The molecular weight excluding hydrogens is 962 g/mol. The van der Waals surface area contributed by atoms with Crippen molar-refractivity contribution in [2.45, 2.75) is 39.8 Å². The van der Waals surface area contributed by atoms with Crippen molar-refractivity contribution in [2.24, 2.45) is 0 Å². The summed E-state index contributed by atoms with van der Waals surface area (Å²) in [5, 5.41) is 12.2. The Morgan fingerprint density at radius 1 is 0.647 bits per heavy atom. The van der Waals surface area contributed by atoms with E-state index in [0.29, 0.717) is 75.2 Å². The van der Waals surface area contributed by atoms with Crippen LogP contribution in [0.4, 0.5) is 44.0 Å². The van der Waals surface area contributed by atoms with E-state index in [9.17, 15) is 19.7 Å². The summed E-state index contributed by atoms with van der Waals surface area (Å²) in [4.78, 5) is 61.6. The van der Waals surface area contributed by atoms with Gasteiger partial charge in [0.1, 0.15) is 66.4 Å². The third-order valence-electron chi connectivity index (χ3n) is 11.5. The first-order chi connectivity index (χ1) is 32.4. The zero-order valence-corrected chi connectivity index (χ0v) is 41.0. The van der Waals surface area contributed by atoms with Gasteiger partial charge >= 0.3 is 12.1 Å². The van der Waals surface area contributed by atoms with Crippen molar-refractivity contribution < 1.29 is 33.5 Å². The second-order valence-electron chi connectivity index (χ2n) is 15.5. The Bertz CT molecular complexity index is 2920. The summed E-state index contributed by atoms with van der Waals surface area (Å²) in [6.45, 7) is 4.07. The Labute approximate surface area is 411 Å². The molecule has 0 fully saturated rings. The lowest BCUT2D eigenvalue weighted by molar-refractivity contribution is -0.385. The number of ether oxygens (including phenoxy) is 4. The molecular formula is C46H44Cl4N10O8. The van der Waals surface area contributed by atoms with Gasteiger partial charge in [-0.05, 0) is 36.6 Å². The van der Waals surface area contributed by atoms with Crippen LogP contribution in [0.3, 0.4) is 0 Å². The quantitative estimate of drug-likeness (QED) is 0.0730. The predicted octanol–water partition coefficient (Wildman–Crippen LogP) is 10.0. The molecule has 6 aromatic rings. The van der Waals surface area contributed by atoms with Crippen molar-refractivity contribution in [3.05, 3.63) is 136 Å². The third kappa shape index (κ3) is 9.23. The van der Waals surface area contributed by atoms with Crippen molar-refractivity contribution in [3.8, 4) is 23.0 Å². The monoisotopic (exact) mass is 1000 g/mol. The maximum absolute atomic E-state index is 13.4. The molecule has 4 amide bonds. The molecule has 354 valence electrons. The molecule has 4 heterocycles. The standard InChI is InChI=1S/C23H21Cl2N5O5.C23H23Cl2N5O3/c1-12-6-5-7-15(30(32)33)14(12)8-18-26-10-13-11-29(23(31)28(2)22(13)27-18)21-19(24)16(34-3)9-17(35-4)20(21)25;1-12-6-5-7-15(26)14(12)8-18-27-10-13-11-30(23(31)29(2)22(13)28-18)21-19(24)16(32-3)9-17(33-4)20(21)25/h5-7,9-10H,8,11H2,1-4H3;5-7,9-10H,8,11,26H2,1-4H3. The molecule has 2 aromatic heterocycles. The SMILES string of the molecule is COc1cc(OC)c(Cl)c(N2Cc3cnc(Cc4c(C)cccc4N)nc3N(C)C2=O)c1Cl.COc1cc(OC)c(Cl)c(N2Cc3cnc(Cc4c(C)cccc4[N+](=O)[O-])nc3N(C)C2=O)c1Cl. The van der Waals surface area contributed by atoms with Gasteiger partial charge < -0.3 is 24.7 Å². The van der Waals surface area contributed by atoms with E-state index in [1.807, 2.05) is 25.1 Å². The van der Waals surface area contributed by atoms with Crippen LogP contribution in [0.5, 0.6) is 23.0 Å². The molecule has 0 saturated carbocycles. The van der Waals surface area contributed by atoms with Crippen LogP contribution in [-0.2, 0) is 25.9 Å². The maximum Gasteiger partial charge on any atom is 0.330 e. The summed E-state index contributed by atoms with van der Waals surface area (Å²) in [5.41, 5.74) is 12.1. The molecule has 0 aliphatic carbocycles. The highest BCUT2D eigenvalue weighted by Crippen LogP contribution is 2.49. The van der Waals surface area contributed by atoms with Crippen molar-refractivity contribution >= 4 is 92.9 Å². The topological polar surface area (TPSA) is 205 Å². The number of urea groups is 2. The minimum atomic E-state index is -0.428. The van der Waals surface area contributed by atoms with Crippen molar-refractivity contribution in [1.29, 1.82) is 0 Å². The number of rotatable bonds is 11. The summed E-state index contributed by atoms with van der Waals surface area (Å²) < 4.78 is 21.3. The number of amides is 4. The van der Waals surface area contributed by atoms with Gasteiger partial charge in [-0.15, -0.1) is 0 Å². The summed E-state index contributed by atoms with van der Waals surface area (Å²) in [6, 6.07) is 13.0. The van der Waals surface area contributed by atoms with Crippen LogP contribution in [0.2, 0.25) is 20.1 Å². The fourth-order valence-corrected chi connectivity index (χ4v) is 9.21. The predicted molar refractivity (Wildman–Crippen MR) is 262 cm³/mol. The molecule has 0 unspecified atom stereocenters. The van der Waals surface area contributed by atoms with Gasteiger partial charge in [-0.25, -0.2) is 29.5 Å². The van der Waals surface area contributed by atoms with E-state index >= 15 is 0 Å². The molecule has 18 nitrogen and oxygen atoms in total. The number of nitrogens with two attached hydrogens (primary N) is 1. The Kier molecular flexibility index (Phi) is 14.5. The summed E-state index contributed by atoms with van der Waals surface area (Å²) in [6.07, 6.45) is 3.91. The van der Waals surface area contributed by atoms with Gasteiger partial charge in [0, 0.05) is 79.9 Å². The fraction of sp³-hybridized carbons (Fsp3) is 0.261. The van der Waals surface area contributed by atoms with Crippen LogP contribution in [0, 0.1) is 24.0 Å². The molecule has 2 aliphatic heterocycles. The minimum Gasteiger partial charge on any atom is -0.495 e. The normalized spacial score (nSPS) is 13.1. The number of aryl methyl sites for hydroxylation is 2. The Hall–Kier alpha value is -6.86. The summed E-state index contributed by atoms with van der Waals surface area (Å²) in [5.74, 6) is 3.14. The number of fused-ring (bicyclic) bond motifs is 2. The van der Waals surface area contributed by atoms with Crippen LogP contribution in [0.15, 0.2) is 60.9 Å². The zero-order chi connectivity index (χ0) is 49.3. The number of anilines is 5. The molecule has 68 heavy (non-hydrogen) atoms. The first-order valence-corrected chi connectivity index (χ1v) is 22.0. The highest BCUT2D eigenvalue weighted by atomic mass is 35.5. The van der Waals surface area contributed by atoms with E-state index in [1.54, 1.807) is 57.7 Å². The van der Waals surface area contributed by atoms with E-state index in [2.05, 4.69) is 19.9 Å². The number of aromatic nitrogens is 4. The lowest BCUT2D eigenvalue weighted by Crippen LogP contribution is -2.46. The van der Waals surface area contributed by atoms with Gasteiger partial charge in [0.05, 0.1) is 57.8 Å². The van der Waals surface area contributed by atoms with Crippen LogP contribution in [0.1, 0.15) is 45.0 Å². The van der Waals surface area contributed by atoms with Crippen LogP contribution in [0.25, 0.3) is 0 Å². The fourth-order valence-electron chi connectivity index (χ4n) is 7.80. The van der Waals surface area contributed by atoms with E-state index in [0.717, 1.165) is 22.3 Å². The maximum atomic E-state index is 13.4. The number of halogens is 4. The van der Waals surface area contributed by atoms with Crippen molar-refractivity contribution in [3.63, 3.8) is 0 Å². The second kappa shape index (κ2) is 20.2. The van der Waals surface area contributed by atoms with E-state index in [1.165, 1.54) is 54.1 Å². The minimum absolute atomic E-state index is 0.00168. The van der Waals surface area contributed by atoms with Crippen molar-refractivity contribution in [1.82, 2.24) is 19.9 Å². The number of hydrogen-bond acceptors (Lipinski definition) is 13. The average Bonchev–Trinajstić information content (AvgIpc) is 3.32. The molecule has 0 saturated heterocycles. The number of hydrogen-bond donors (Lipinski definition) is 1. The molecule has 0 bridgehead atoms. The zero-order valence-electron chi connectivity index (χ0n) is 38.0. The molecule has 22 heteroatoms. The average molecular weight is 1010 g/mol.